The summed E-state index contributed by atoms with van der Waals surface area (Å²) in [6.07, 6.45) is 1.31. The molecular weight excluding hydrogens is 444 g/mol. The van der Waals surface area contributed by atoms with Gasteiger partial charge in [0, 0.05) is 23.2 Å². The molecule has 0 unspecified atom stereocenters. The van der Waals surface area contributed by atoms with Crippen LogP contribution in [0.2, 0.25) is 0 Å². The summed E-state index contributed by atoms with van der Waals surface area (Å²) < 4.78 is 33.4. The van der Waals surface area contributed by atoms with Crippen molar-refractivity contribution in [1.29, 1.82) is 0 Å². The van der Waals surface area contributed by atoms with Gasteiger partial charge in [-0.15, -0.1) is 0 Å². The minimum atomic E-state index is -3.61. The largest absolute Gasteiger partial charge is 0.494 e. The molecule has 1 atom stereocenters. The van der Waals surface area contributed by atoms with Gasteiger partial charge in [-0.3, -0.25) is 4.79 Å². The summed E-state index contributed by atoms with van der Waals surface area (Å²) in [7, 11) is -3.61. The number of piperidine rings is 1. The summed E-state index contributed by atoms with van der Waals surface area (Å²) in [6, 6.07) is 13.7. The Morgan fingerprint density at radius 3 is 2.50 bits per heavy atom. The van der Waals surface area contributed by atoms with Crippen molar-refractivity contribution in [3.63, 3.8) is 0 Å². The van der Waals surface area contributed by atoms with Gasteiger partial charge in [0.15, 0.2) is 0 Å². The van der Waals surface area contributed by atoms with Gasteiger partial charge in [0.05, 0.1) is 17.4 Å². The molecule has 0 radical (unpaired) electrons. The van der Waals surface area contributed by atoms with Crippen LogP contribution in [0.25, 0.3) is 0 Å². The van der Waals surface area contributed by atoms with Crippen molar-refractivity contribution >= 4 is 37.5 Å². The first-order chi connectivity index (χ1) is 13.4. The molecule has 150 valence electrons. The van der Waals surface area contributed by atoms with E-state index in [4.69, 9.17) is 4.74 Å². The monoisotopic (exact) mass is 466 g/mol. The van der Waals surface area contributed by atoms with Crippen LogP contribution in [0.5, 0.6) is 5.75 Å². The first-order valence-corrected chi connectivity index (χ1v) is 11.4. The normalized spacial score (nSPS) is 17.9. The van der Waals surface area contributed by atoms with Gasteiger partial charge in [-0.1, -0.05) is 15.9 Å². The number of nitrogens with zero attached hydrogens (tertiary/aromatic N) is 1. The lowest BCUT2D eigenvalue weighted by Crippen LogP contribution is -2.43. The Balaban J connectivity index is 1.66. The lowest BCUT2D eigenvalue weighted by molar-refractivity contribution is -0.120. The number of rotatable bonds is 6. The molecule has 3 rings (SSSR count). The van der Waals surface area contributed by atoms with Crippen molar-refractivity contribution < 1.29 is 17.9 Å². The third kappa shape index (κ3) is 4.92. The number of carbonyl (C=O) groups is 1. The second-order valence-electron chi connectivity index (χ2n) is 6.60. The lowest BCUT2D eigenvalue weighted by Gasteiger charge is -2.31. The van der Waals surface area contributed by atoms with Crippen molar-refractivity contribution in [3.05, 3.63) is 53.0 Å². The first-order valence-electron chi connectivity index (χ1n) is 9.19. The smallest absolute Gasteiger partial charge is 0.243 e. The van der Waals surface area contributed by atoms with Gasteiger partial charge in [-0.2, -0.15) is 4.31 Å². The quantitative estimate of drug-likeness (QED) is 0.700. The Hall–Kier alpha value is -1.90. The van der Waals surface area contributed by atoms with E-state index in [1.165, 1.54) is 4.31 Å². The molecule has 1 aliphatic rings. The van der Waals surface area contributed by atoms with Crippen LogP contribution in [0.3, 0.4) is 0 Å². The first kappa shape index (κ1) is 20.8. The maximum absolute atomic E-state index is 12.9. The Morgan fingerprint density at radius 1 is 1.18 bits per heavy atom. The summed E-state index contributed by atoms with van der Waals surface area (Å²) in [4.78, 5) is 12.9. The van der Waals surface area contributed by atoms with Crippen LogP contribution in [0.4, 0.5) is 5.69 Å². The second kappa shape index (κ2) is 9.07. The van der Waals surface area contributed by atoms with Crippen LogP contribution < -0.4 is 10.1 Å². The van der Waals surface area contributed by atoms with Crippen LogP contribution >= 0.6 is 15.9 Å². The fourth-order valence-corrected chi connectivity index (χ4v) is 4.96. The maximum atomic E-state index is 12.9. The standard InChI is InChI=1S/C20H23BrN2O4S/c1-2-27-18-9-7-17(8-10-18)22-20(24)15-4-3-13-23(14-15)28(25,26)19-11-5-16(21)6-12-19/h5-12,15H,2-4,13-14H2,1H3,(H,22,24)/t15-/m0/s1. The molecule has 0 aliphatic carbocycles. The number of sulfonamides is 1. The van der Waals surface area contributed by atoms with E-state index >= 15 is 0 Å². The number of anilines is 1. The van der Waals surface area contributed by atoms with Crippen molar-refractivity contribution in [2.45, 2.75) is 24.7 Å². The number of halogens is 1. The summed E-state index contributed by atoms with van der Waals surface area (Å²) >= 11 is 3.31. The average Bonchev–Trinajstić information content (AvgIpc) is 2.70. The molecule has 1 fully saturated rings. The highest BCUT2D eigenvalue weighted by Crippen LogP contribution is 2.26. The molecule has 1 saturated heterocycles. The molecule has 2 aromatic carbocycles. The van der Waals surface area contributed by atoms with Gasteiger partial charge in [0.1, 0.15) is 5.75 Å². The van der Waals surface area contributed by atoms with Crippen molar-refractivity contribution in [2.24, 2.45) is 5.92 Å². The van der Waals surface area contributed by atoms with E-state index in [2.05, 4.69) is 21.2 Å². The second-order valence-corrected chi connectivity index (χ2v) is 9.46. The molecule has 28 heavy (non-hydrogen) atoms. The van der Waals surface area contributed by atoms with Gasteiger partial charge in [0.25, 0.3) is 0 Å². The Labute approximate surface area is 174 Å². The number of carbonyl (C=O) groups excluding carboxylic acids is 1. The molecule has 8 heteroatoms. The van der Waals surface area contributed by atoms with Crippen molar-refractivity contribution in [1.82, 2.24) is 4.31 Å². The zero-order valence-corrected chi connectivity index (χ0v) is 18.0. The topological polar surface area (TPSA) is 75.7 Å². The van der Waals surface area contributed by atoms with E-state index < -0.39 is 10.0 Å². The fourth-order valence-electron chi connectivity index (χ4n) is 3.18. The van der Waals surface area contributed by atoms with Gasteiger partial charge < -0.3 is 10.1 Å². The Kier molecular flexibility index (Phi) is 6.74. The zero-order valence-electron chi connectivity index (χ0n) is 15.6. The molecule has 1 heterocycles. The number of hydrogen-bond donors (Lipinski definition) is 1. The summed E-state index contributed by atoms with van der Waals surface area (Å²) in [5.74, 6) is 0.190. The third-order valence-corrected chi connectivity index (χ3v) is 7.05. The van der Waals surface area contributed by atoms with E-state index in [0.717, 1.165) is 10.2 Å². The predicted molar refractivity (Wildman–Crippen MR) is 112 cm³/mol. The van der Waals surface area contributed by atoms with Gasteiger partial charge in [-0.05, 0) is 68.3 Å². The molecule has 1 amide bonds. The zero-order chi connectivity index (χ0) is 20.1. The summed E-state index contributed by atoms with van der Waals surface area (Å²) in [6.45, 7) is 3.09. The highest BCUT2D eigenvalue weighted by molar-refractivity contribution is 9.10. The number of amides is 1. The van der Waals surface area contributed by atoms with Crippen molar-refractivity contribution in [3.8, 4) is 5.75 Å². The fraction of sp³-hybridized carbons (Fsp3) is 0.350. The van der Waals surface area contributed by atoms with Crippen LogP contribution in [-0.4, -0.2) is 38.3 Å². The molecule has 0 bridgehead atoms. The summed E-state index contributed by atoms with van der Waals surface area (Å²) in [5, 5.41) is 2.88. The van der Waals surface area contributed by atoms with Crippen LogP contribution in [0, 0.1) is 5.92 Å². The van der Waals surface area contributed by atoms with Crippen LogP contribution in [0.15, 0.2) is 57.9 Å². The molecule has 0 spiro atoms. The molecule has 1 aliphatic heterocycles. The van der Waals surface area contributed by atoms with Gasteiger partial charge in [-0.25, -0.2) is 8.42 Å². The number of hydrogen-bond acceptors (Lipinski definition) is 4. The highest BCUT2D eigenvalue weighted by atomic mass is 79.9. The minimum absolute atomic E-state index is 0.167. The average molecular weight is 467 g/mol. The van der Waals surface area contributed by atoms with Crippen LogP contribution in [-0.2, 0) is 14.8 Å². The van der Waals surface area contributed by atoms with E-state index in [0.29, 0.717) is 31.7 Å². The predicted octanol–water partition coefficient (Wildman–Crippen LogP) is 3.89. The maximum Gasteiger partial charge on any atom is 0.243 e. The molecular formula is C20H23BrN2O4S. The number of ether oxygens (including phenoxy) is 1. The lowest BCUT2D eigenvalue weighted by atomic mass is 9.99. The molecule has 2 aromatic rings. The van der Waals surface area contributed by atoms with Crippen LogP contribution in [0.1, 0.15) is 19.8 Å². The summed E-state index contributed by atoms with van der Waals surface area (Å²) in [5.41, 5.74) is 0.668. The van der Waals surface area contributed by atoms with E-state index in [1.54, 1.807) is 48.5 Å². The highest BCUT2D eigenvalue weighted by Gasteiger charge is 2.33. The van der Waals surface area contributed by atoms with E-state index in [-0.39, 0.29) is 23.3 Å². The SMILES string of the molecule is CCOc1ccc(NC(=O)[C@H]2CCCN(S(=O)(=O)c3ccc(Br)cc3)C2)cc1. The van der Waals surface area contributed by atoms with Gasteiger partial charge in [0.2, 0.25) is 15.9 Å². The molecule has 1 N–H and O–H groups in total. The molecule has 6 nitrogen and oxygen atoms in total. The van der Waals surface area contributed by atoms with E-state index in [9.17, 15) is 13.2 Å². The molecule has 0 saturated carbocycles. The Bertz CT molecular complexity index is 914. The minimum Gasteiger partial charge on any atom is -0.494 e. The third-order valence-electron chi connectivity index (χ3n) is 4.64. The van der Waals surface area contributed by atoms with Crippen molar-refractivity contribution in [2.75, 3.05) is 25.0 Å². The Morgan fingerprint density at radius 2 is 1.86 bits per heavy atom. The number of nitrogens with one attached hydrogen (secondary N) is 1. The van der Waals surface area contributed by atoms with Gasteiger partial charge >= 0.3 is 0 Å². The number of benzene rings is 2. The van der Waals surface area contributed by atoms with E-state index in [1.807, 2.05) is 6.92 Å². The molecule has 0 aromatic heterocycles.